The van der Waals surface area contributed by atoms with E-state index in [4.69, 9.17) is 0 Å². The second-order valence-corrected chi connectivity index (χ2v) is 8.17. The number of nitrogens with one attached hydrogen (secondary N) is 1. The summed E-state index contributed by atoms with van der Waals surface area (Å²) in [5.74, 6) is 0.264. The maximum Gasteiger partial charge on any atom is 0.446 e. The van der Waals surface area contributed by atoms with Gasteiger partial charge in [-0.2, -0.15) is 17.5 Å². The molecule has 124 valence electrons. The molecular weight excluding hydrogens is 337 g/mol. The van der Waals surface area contributed by atoms with Crippen molar-refractivity contribution in [2.75, 3.05) is 26.7 Å². The third-order valence-corrected chi connectivity index (χ3v) is 6.06. The highest BCUT2D eigenvalue weighted by Gasteiger charge is 2.33. The molecule has 2 rings (SSSR count). The first kappa shape index (κ1) is 17.6. The first-order valence-corrected chi connectivity index (χ1v) is 8.98. The van der Waals surface area contributed by atoms with Gasteiger partial charge in [-0.25, -0.2) is 8.42 Å². The second-order valence-electron chi connectivity index (χ2n) is 5.09. The molecular formula is C13H17F3N2O2S2. The van der Waals surface area contributed by atoms with Crippen molar-refractivity contribution >= 4 is 21.8 Å². The van der Waals surface area contributed by atoms with E-state index in [9.17, 15) is 21.6 Å². The first-order valence-electron chi connectivity index (χ1n) is 6.73. The van der Waals surface area contributed by atoms with E-state index >= 15 is 0 Å². The van der Waals surface area contributed by atoms with Crippen molar-refractivity contribution in [1.82, 2.24) is 9.62 Å². The van der Waals surface area contributed by atoms with Crippen molar-refractivity contribution in [3.63, 3.8) is 0 Å². The molecule has 0 bridgehead atoms. The molecule has 1 heterocycles. The minimum atomic E-state index is -4.38. The highest BCUT2D eigenvalue weighted by molar-refractivity contribution is 8.00. The fourth-order valence-corrected chi connectivity index (χ4v) is 4.50. The van der Waals surface area contributed by atoms with Gasteiger partial charge in [-0.3, -0.25) is 0 Å². The monoisotopic (exact) mass is 354 g/mol. The SMILES string of the molecule is CNCC1CCN(S(=O)(=O)c2ccc(SC(F)(F)F)cc2)C1. The van der Waals surface area contributed by atoms with E-state index in [2.05, 4.69) is 5.32 Å². The van der Waals surface area contributed by atoms with Crippen LogP contribution in [0.2, 0.25) is 0 Å². The summed E-state index contributed by atoms with van der Waals surface area (Å²) in [6.07, 6.45) is 0.780. The number of hydrogen-bond acceptors (Lipinski definition) is 4. The molecule has 22 heavy (non-hydrogen) atoms. The number of halogens is 3. The maximum absolute atomic E-state index is 12.5. The molecule has 0 saturated carbocycles. The molecule has 1 atom stereocenters. The van der Waals surface area contributed by atoms with Crippen LogP contribution in [0, 0.1) is 5.92 Å². The lowest BCUT2D eigenvalue weighted by atomic mass is 10.1. The van der Waals surface area contributed by atoms with Gasteiger partial charge in [0.15, 0.2) is 0 Å². The van der Waals surface area contributed by atoms with Crippen LogP contribution in [0.1, 0.15) is 6.42 Å². The molecule has 1 aliphatic heterocycles. The third kappa shape index (κ3) is 4.37. The van der Waals surface area contributed by atoms with E-state index in [-0.39, 0.29) is 27.5 Å². The Morgan fingerprint density at radius 2 is 1.95 bits per heavy atom. The minimum Gasteiger partial charge on any atom is -0.319 e. The van der Waals surface area contributed by atoms with Gasteiger partial charge in [-0.15, -0.1) is 0 Å². The average molecular weight is 354 g/mol. The molecule has 0 amide bonds. The standard InChI is InChI=1S/C13H17F3N2O2S2/c1-17-8-10-6-7-18(9-10)22(19,20)12-4-2-11(3-5-12)21-13(14,15)16/h2-5,10,17H,6-9H2,1H3. The highest BCUT2D eigenvalue weighted by atomic mass is 32.2. The predicted octanol–water partition coefficient (Wildman–Crippen LogP) is 2.53. The second kappa shape index (κ2) is 6.77. The summed E-state index contributed by atoms with van der Waals surface area (Å²) >= 11 is -0.257. The molecule has 1 N–H and O–H groups in total. The quantitative estimate of drug-likeness (QED) is 0.826. The summed E-state index contributed by atoms with van der Waals surface area (Å²) in [5, 5.41) is 3.02. The first-order chi connectivity index (χ1) is 10.2. The van der Waals surface area contributed by atoms with Crippen LogP contribution in [0.4, 0.5) is 13.2 Å². The summed E-state index contributed by atoms with van der Waals surface area (Å²) in [6, 6.07) is 4.84. The zero-order chi connectivity index (χ0) is 16.4. The van der Waals surface area contributed by atoms with E-state index in [0.717, 1.165) is 13.0 Å². The molecule has 1 aliphatic rings. The Kier molecular flexibility index (Phi) is 5.41. The van der Waals surface area contributed by atoms with Gasteiger partial charge in [0.25, 0.3) is 0 Å². The number of hydrogen-bond donors (Lipinski definition) is 1. The molecule has 1 unspecified atom stereocenters. The van der Waals surface area contributed by atoms with Crippen molar-refractivity contribution < 1.29 is 21.6 Å². The van der Waals surface area contributed by atoms with Crippen LogP contribution in [-0.4, -0.2) is 44.9 Å². The lowest BCUT2D eigenvalue weighted by Gasteiger charge is -2.17. The summed E-state index contributed by atoms with van der Waals surface area (Å²) in [7, 11) is -1.82. The normalized spacial score (nSPS) is 20.5. The van der Waals surface area contributed by atoms with Gasteiger partial charge >= 0.3 is 5.51 Å². The topological polar surface area (TPSA) is 49.4 Å². The van der Waals surface area contributed by atoms with Gasteiger partial charge in [0.2, 0.25) is 10.0 Å². The number of sulfonamides is 1. The van der Waals surface area contributed by atoms with Crippen LogP contribution in [0.25, 0.3) is 0 Å². The van der Waals surface area contributed by atoms with Gasteiger partial charge in [0.05, 0.1) is 4.90 Å². The summed E-state index contributed by atoms with van der Waals surface area (Å²) in [5.41, 5.74) is -4.38. The molecule has 1 fully saturated rings. The molecule has 1 aromatic carbocycles. The largest absolute Gasteiger partial charge is 0.446 e. The van der Waals surface area contributed by atoms with Crippen molar-refractivity contribution in [3.05, 3.63) is 24.3 Å². The van der Waals surface area contributed by atoms with Crippen LogP contribution in [-0.2, 0) is 10.0 Å². The van der Waals surface area contributed by atoms with Crippen LogP contribution < -0.4 is 5.32 Å². The molecule has 9 heteroatoms. The molecule has 0 radical (unpaired) electrons. The molecule has 1 aromatic rings. The number of alkyl halides is 3. The Labute approximate surface area is 132 Å². The van der Waals surface area contributed by atoms with Gasteiger partial charge in [-0.05, 0) is 62.0 Å². The van der Waals surface area contributed by atoms with Crippen molar-refractivity contribution in [3.8, 4) is 0 Å². The van der Waals surface area contributed by atoms with E-state index in [1.54, 1.807) is 0 Å². The zero-order valence-electron chi connectivity index (χ0n) is 11.9. The Bertz CT molecular complexity index is 603. The van der Waals surface area contributed by atoms with E-state index in [1.165, 1.54) is 28.6 Å². The van der Waals surface area contributed by atoms with Gasteiger partial charge in [0.1, 0.15) is 0 Å². The predicted molar refractivity (Wildman–Crippen MR) is 79.1 cm³/mol. The lowest BCUT2D eigenvalue weighted by molar-refractivity contribution is -0.0328. The molecule has 0 spiro atoms. The number of benzene rings is 1. The van der Waals surface area contributed by atoms with Crippen LogP contribution in [0.3, 0.4) is 0 Å². The Morgan fingerprint density at radius 1 is 1.32 bits per heavy atom. The van der Waals surface area contributed by atoms with Crippen LogP contribution >= 0.6 is 11.8 Å². The van der Waals surface area contributed by atoms with E-state index in [0.29, 0.717) is 13.1 Å². The van der Waals surface area contributed by atoms with Crippen molar-refractivity contribution in [2.24, 2.45) is 5.92 Å². The fraction of sp³-hybridized carbons (Fsp3) is 0.538. The van der Waals surface area contributed by atoms with Crippen molar-refractivity contribution in [2.45, 2.75) is 21.7 Å². The highest BCUT2D eigenvalue weighted by Crippen LogP contribution is 2.37. The smallest absolute Gasteiger partial charge is 0.319 e. The Morgan fingerprint density at radius 3 is 2.50 bits per heavy atom. The number of thioether (sulfide) groups is 1. The van der Waals surface area contributed by atoms with E-state index < -0.39 is 15.5 Å². The number of rotatable bonds is 5. The van der Waals surface area contributed by atoms with Gasteiger partial charge < -0.3 is 5.32 Å². The van der Waals surface area contributed by atoms with Crippen LogP contribution in [0.15, 0.2) is 34.1 Å². The third-order valence-electron chi connectivity index (χ3n) is 3.44. The fourth-order valence-electron chi connectivity index (χ4n) is 2.43. The lowest BCUT2D eigenvalue weighted by Crippen LogP contribution is -2.30. The minimum absolute atomic E-state index is 0.0269. The van der Waals surface area contributed by atoms with Crippen molar-refractivity contribution in [1.29, 1.82) is 0 Å². The summed E-state index contributed by atoms with van der Waals surface area (Å²) < 4.78 is 63.1. The summed E-state index contributed by atoms with van der Waals surface area (Å²) in [4.78, 5) is 0.00469. The molecule has 4 nitrogen and oxygen atoms in total. The van der Waals surface area contributed by atoms with Crippen LogP contribution in [0.5, 0.6) is 0 Å². The van der Waals surface area contributed by atoms with E-state index in [1.807, 2.05) is 7.05 Å². The number of nitrogens with zero attached hydrogens (tertiary/aromatic N) is 1. The Hall–Kier alpha value is -0.770. The Balaban J connectivity index is 2.10. The maximum atomic E-state index is 12.5. The molecule has 0 aromatic heterocycles. The average Bonchev–Trinajstić information content (AvgIpc) is 2.87. The van der Waals surface area contributed by atoms with Gasteiger partial charge in [-0.1, -0.05) is 0 Å². The molecule has 0 aliphatic carbocycles. The zero-order valence-corrected chi connectivity index (χ0v) is 13.6. The van der Waals surface area contributed by atoms with Gasteiger partial charge in [0, 0.05) is 18.0 Å². The summed E-state index contributed by atoms with van der Waals surface area (Å²) in [6.45, 7) is 1.61. The molecule has 1 saturated heterocycles.